The minimum Gasteiger partial charge on any atom is -0.496 e. The van der Waals surface area contributed by atoms with Crippen molar-refractivity contribution in [1.29, 1.82) is 0 Å². The Morgan fingerprint density at radius 3 is 3.00 bits per heavy atom. The van der Waals surface area contributed by atoms with E-state index in [1.165, 1.54) is 25.3 Å². The molecule has 0 bridgehead atoms. The summed E-state index contributed by atoms with van der Waals surface area (Å²) in [6, 6.07) is 4.09. The Labute approximate surface area is 141 Å². The molecule has 1 aromatic carbocycles. The molecule has 132 valence electrons. The number of amides is 1. The Morgan fingerprint density at radius 1 is 1.46 bits per heavy atom. The van der Waals surface area contributed by atoms with E-state index in [1.807, 2.05) is 0 Å². The van der Waals surface area contributed by atoms with Gasteiger partial charge >= 0.3 is 0 Å². The minimum atomic E-state index is -0.386. The number of hydrogen-bond acceptors (Lipinski definition) is 4. The van der Waals surface area contributed by atoms with Crippen molar-refractivity contribution >= 4 is 5.91 Å². The topological polar surface area (TPSA) is 59.0 Å². The molecule has 3 rings (SSSR count). The molecule has 5 nitrogen and oxygen atoms in total. The number of aliphatic hydroxyl groups is 1. The summed E-state index contributed by atoms with van der Waals surface area (Å²) in [6.07, 6.45) is 2.36. The van der Waals surface area contributed by atoms with Gasteiger partial charge in [-0.1, -0.05) is 6.42 Å². The summed E-state index contributed by atoms with van der Waals surface area (Å²) < 4.78 is 24.3. The van der Waals surface area contributed by atoms with E-state index in [0.717, 1.165) is 19.3 Å². The zero-order chi connectivity index (χ0) is 17.1. The van der Waals surface area contributed by atoms with Crippen LogP contribution in [0.3, 0.4) is 0 Å². The number of rotatable bonds is 4. The standard InChI is InChI=1S/C18H24FNO4/c1-23-17-6-5-13(19)9-12(17)10-18(22)20-7-8-24-11-15(20)14-3-2-4-16(14)21/h5-6,9,14-16,21H,2-4,7-8,10-11H2,1H3. The molecule has 0 spiro atoms. The molecule has 1 saturated carbocycles. The van der Waals surface area contributed by atoms with Gasteiger partial charge in [0.1, 0.15) is 11.6 Å². The molecule has 0 radical (unpaired) electrons. The van der Waals surface area contributed by atoms with Gasteiger partial charge in [-0.25, -0.2) is 4.39 Å². The van der Waals surface area contributed by atoms with Crippen LogP contribution in [0.1, 0.15) is 24.8 Å². The summed E-state index contributed by atoms with van der Waals surface area (Å²) in [6.45, 7) is 1.45. The van der Waals surface area contributed by atoms with E-state index in [9.17, 15) is 14.3 Å². The first-order chi connectivity index (χ1) is 11.6. The van der Waals surface area contributed by atoms with Crippen LogP contribution in [0.15, 0.2) is 18.2 Å². The summed E-state index contributed by atoms with van der Waals surface area (Å²) >= 11 is 0. The number of morpholine rings is 1. The number of nitrogens with zero attached hydrogens (tertiary/aromatic N) is 1. The van der Waals surface area contributed by atoms with Gasteiger partial charge in [0, 0.05) is 18.0 Å². The Hall–Kier alpha value is -1.66. The molecule has 0 aromatic heterocycles. The molecule has 3 atom stereocenters. The molecular weight excluding hydrogens is 313 g/mol. The van der Waals surface area contributed by atoms with Crippen LogP contribution in [0.4, 0.5) is 4.39 Å². The average Bonchev–Trinajstić information content (AvgIpc) is 3.01. The SMILES string of the molecule is COc1ccc(F)cc1CC(=O)N1CCOCC1C1CCCC1O. The van der Waals surface area contributed by atoms with Gasteiger partial charge in [0.15, 0.2) is 0 Å². The maximum atomic E-state index is 13.5. The number of aliphatic hydroxyl groups excluding tert-OH is 1. The van der Waals surface area contributed by atoms with Gasteiger partial charge in [0.05, 0.1) is 38.9 Å². The second-order valence-electron chi connectivity index (χ2n) is 6.52. The summed E-state index contributed by atoms with van der Waals surface area (Å²) in [7, 11) is 1.51. The highest BCUT2D eigenvalue weighted by Gasteiger charge is 2.39. The van der Waals surface area contributed by atoms with Gasteiger partial charge in [-0.15, -0.1) is 0 Å². The second kappa shape index (κ2) is 7.49. The quantitative estimate of drug-likeness (QED) is 0.910. The average molecular weight is 337 g/mol. The van der Waals surface area contributed by atoms with Crippen molar-refractivity contribution < 1.29 is 23.8 Å². The third-order valence-corrected chi connectivity index (χ3v) is 5.10. The monoisotopic (exact) mass is 337 g/mol. The van der Waals surface area contributed by atoms with Gasteiger partial charge in [-0.05, 0) is 31.0 Å². The lowest BCUT2D eigenvalue weighted by molar-refractivity contribution is -0.143. The molecule has 24 heavy (non-hydrogen) atoms. The highest BCUT2D eigenvalue weighted by atomic mass is 19.1. The third-order valence-electron chi connectivity index (χ3n) is 5.10. The molecule has 6 heteroatoms. The molecule has 2 aliphatic rings. The van der Waals surface area contributed by atoms with Gasteiger partial charge < -0.3 is 19.5 Å². The van der Waals surface area contributed by atoms with E-state index in [1.54, 1.807) is 4.90 Å². The maximum absolute atomic E-state index is 13.5. The highest BCUT2D eigenvalue weighted by molar-refractivity contribution is 5.80. The lowest BCUT2D eigenvalue weighted by atomic mass is 9.93. The Kier molecular flexibility index (Phi) is 5.36. The van der Waals surface area contributed by atoms with Crippen molar-refractivity contribution in [2.75, 3.05) is 26.9 Å². The number of hydrogen-bond donors (Lipinski definition) is 1. The number of carbonyl (C=O) groups excluding carboxylic acids is 1. The van der Waals surface area contributed by atoms with Gasteiger partial charge in [-0.3, -0.25) is 4.79 Å². The largest absolute Gasteiger partial charge is 0.496 e. The summed E-state index contributed by atoms with van der Waals surface area (Å²) in [4.78, 5) is 14.6. The maximum Gasteiger partial charge on any atom is 0.227 e. The van der Waals surface area contributed by atoms with Crippen LogP contribution in [-0.2, 0) is 16.0 Å². The predicted molar refractivity (Wildman–Crippen MR) is 86.3 cm³/mol. The fraction of sp³-hybridized carbons (Fsp3) is 0.611. The first kappa shape index (κ1) is 17.2. The fourth-order valence-corrected chi connectivity index (χ4v) is 3.85. The van der Waals surface area contributed by atoms with Crippen molar-refractivity contribution in [2.45, 2.75) is 37.8 Å². The zero-order valence-corrected chi connectivity index (χ0v) is 13.9. The van der Waals surface area contributed by atoms with Crippen LogP contribution in [0.5, 0.6) is 5.75 Å². The van der Waals surface area contributed by atoms with Crippen molar-refractivity contribution in [2.24, 2.45) is 5.92 Å². The van der Waals surface area contributed by atoms with Crippen molar-refractivity contribution in [3.63, 3.8) is 0 Å². The molecule has 1 aliphatic carbocycles. The van der Waals surface area contributed by atoms with E-state index >= 15 is 0 Å². The van der Waals surface area contributed by atoms with Gasteiger partial charge in [-0.2, -0.15) is 0 Å². The first-order valence-electron chi connectivity index (χ1n) is 8.48. The molecule has 1 amide bonds. The summed E-state index contributed by atoms with van der Waals surface area (Å²) in [5, 5.41) is 10.2. The number of carbonyl (C=O) groups is 1. The Balaban J connectivity index is 1.76. The first-order valence-corrected chi connectivity index (χ1v) is 8.48. The van der Waals surface area contributed by atoms with Crippen molar-refractivity contribution in [3.05, 3.63) is 29.6 Å². The number of halogens is 1. The highest BCUT2D eigenvalue weighted by Crippen LogP contribution is 2.32. The smallest absolute Gasteiger partial charge is 0.227 e. The van der Waals surface area contributed by atoms with Crippen LogP contribution in [0, 0.1) is 11.7 Å². The molecule has 1 aliphatic heterocycles. The summed E-state index contributed by atoms with van der Waals surface area (Å²) in [5.41, 5.74) is 0.541. The molecule has 1 aromatic rings. The molecule has 1 N–H and O–H groups in total. The van der Waals surface area contributed by atoms with E-state index in [2.05, 4.69) is 0 Å². The van der Waals surface area contributed by atoms with Crippen LogP contribution in [-0.4, -0.2) is 54.9 Å². The number of methoxy groups -OCH3 is 1. The third kappa shape index (κ3) is 3.54. The van der Waals surface area contributed by atoms with Crippen LogP contribution >= 0.6 is 0 Å². The van der Waals surface area contributed by atoms with E-state index in [0.29, 0.717) is 31.1 Å². The lowest BCUT2D eigenvalue weighted by Crippen LogP contribution is -2.54. The van der Waals surface area contributed by atoms with Crippen LogP contribution < -0.4 is 4.74 Å². The lowest BCUT2D eigenvalue weighted by Gasteiger charge is -2.40. The number of ether oxygens (including phenoxy) is 2. The number of benzene rings is 1. The molecule has 1 heterocycles. The Bertz CT molecular complexity index is 594. The molecule has 3 unspecified atom stereocenters. The zero-order valence-electron chi connectivity index (χ0n) is 13.9. The van der Waals surface area contributed by atoms with Crippen molar-refractivity contribution in [1.82, 2.24) is 4.90 Å². The van der Waals surface area contributed by atoms with Gasteiger partial charge in [0.2, 0.25) is 5.91 Å². The van der Waals surface area contributed by atoms with E-state index in [-0.39, 0.29) is 36.2 Å². The van der Waals surface area contributed by atoms with E-state index < -0.39 is 0 Å². The molecule has 1 saturated heterocycles. The predicted octanol–water partition coefficient (Wildman–Crippen LogP) is 1.77. The minimum absolute atomic E-state index is 0.0589. The normalized spacial score (nSPS) is 27.3. The van der Waals surface area contributed by atoms with Crippen molar-refractivity contribution in [3.8, 4) is 5.75 Å². The second-order valence-corrected chi connectivity index (χ2v) is 6.52. The van der Waals surface area contributed by atoms with E-state index in [4.69, 9.17) is 9.47 Å². The van der Waals surface area contributed by atoms with Crippen LogP contribution in [0.25, 0.3) is 0 Å². The van der Waals surface area contributed by atoms with Gasteiger partial charge in [0.25, 0.3) is 0 Å². The Morgan fingerprint density at radius 2 is 2.29 bits per heavy atom. The summed E-state index contributed by atoms with van der Waals surface area (Å²) in [5.74, 6) is 0.105. The molecular formula is C18H24FNO4. The molecule has 2 fully saturated rings. The van der Waals surface area contributed by atoms with Crippen LogP contribution in [0.2, 0.25) is 0 Å². The fourth-order valence-electron chi connectivity index (χ4n) is 3.85.